The molecule has 0 unspecified atom stereocenters. The summed E-state index contributed by atoms with van der Waals surface area (Å²) in [6, 6.07) is 10.0. The number of carbonyl (C=O) groups is 2. The van der Waals surface area contributed by atoms with Crippen molar-refractivity contribution in [1.82, 2.24) is 9.97 Å². The van der Waals surface area contributed by atoms with Crippen molar-refractivity contribution < 1.29 is 24.2 Å². The molecule has 2 aromatic heterocycles. The van der Waals surface area contributed by atoms with Gasteiger partial charge < -0.3 is 24.9 Å². The van der Waals surface area contributed by atoms with E-state index in [1.165, 1.54) is 12.1 Å². The van der Waals surface area contributed by atoms with Gasteiger partial charge in [0, 0.05) is 23.3 Å². The van der Waals surface area contributed by atoms with Gasteiger partial charge in [0.2, 0.25) is 11.7 Å². The van der Waals surface area contributed by atoms with E-state index in [0.717, 1.165) is 5.39 Å². The molecule has 0 saturated carbocycles. The molecule has 3 heterocycles. The average Bonchev–Trinajstić information content (AvgIpc) is 3.25. The average molecular weight is 391 g/mol. The first-order valence-electron chi connectivity index (χ1n) is 8.91. The number of H-pyrrole nitrogens is 1. The molecule has 1 aliphatic heterocycles. The van der Waals surface area contributed by atoms with Gasteiger partial charge in [-0.2, -0.15) is 0 Å². The predicted molar refractivity (Wildman–Crippen MR) is 106 cm³/mol. The number of hydrogen-bond donors (Lipinski definition) is 3. The lowest BCUT2D eigenvalue weighted by atomic mass is 10.1. The highest BCUT2D eigenvalue weighted by Crippen LogP contribution is 2.32. The fraction of sp³-hybridized carbons (Fsp3) is 0.0952. The maximum absolute atomic E-state index is 12.9. The van der Waals surface area contributed by atoms with Crippen molar-refractivity contribution in [3.8, 4) is 5.75 Å². The van der Waals surface area contributed by atoms with Crippen molar-refractivity contribution in [2.24, 2.45) is 0 Å². The molecule has 0 bridgehead atoms. The highest BCUT2D eigenvalue weighted by Gasteiger charge is 2.37. The van der Waals surface area contributed by atoms with Crippen molar-refractivity contribution >= 4 is 34.5 Å². The number of ketones is 1. The van der Waals surface area contributed by atoms with Gasteiger partial charge in [-0.25, -0.2) is 9.78 Å². The molecule has 3 N–H and O–H groups in total. The van der Waals surface area contributed by atoms with E-state index >= 15 is 0 Å². The molecule has 0 saturated heterocycles. The zero-order chi connectivity index (χ0) is 20.4. The zero-order valence-electron chi connectivity index (χ0n) is 15.4. The number of carbonyl (C=O) groups excluding carboxylic acids is 2. The molecule has 0 spiro atoms. The Kier molecular flexibility index (Phi) is 4.74. The molecular formula is C21H17N3O5. The number of rotatable bonds is 5. The highest BCUT2D eigenvalue weighted by atomic mass is 16.5. The van der Waals surface area contributed by atoms with Gasteiger partial charge in [-0.3, -0.25) is 4.79 Å². The second-order valence-electron chi connectivity index (χ2n) is 6.15. The molecule has 146 valence electrons. The Labute approximate surface area is 165 Å². The third kappa shape index (κ3) is 3.43. The quantitative estimate of drug-likeness (QED) is 0.265. The molecular weight excluding hydrogens is 374 g/mol. The molecule has 8 nitrogen and oxygen atoms in total. The number of anilines is 1. The Morgan fingerprint density at radius 2 is 2.14 bits per heavy atom. The number of esters is 1. The highest BCUT2D eigenvalue weighted by molar-refractivity contribution is 6.26. The van der Waals surface area contributed by atoms with Gasteiger partial charge in [0.25, 0.3) is 0 Å². The third-order valence-corrected chi connectivity index (χ3v) is 4.29. The fourth-order valence-electron chi connectivity index (χ4n) is 2.94. The SMILES string of the molecule is CCOC(=O)C1=C(Nc2ccccc2O)OC(=Cc2c[nH]c3ncccc23)C1=O. The molecule has 0 atom stereocenters. The standard InChI is InChI=1S/C21H17N3O5/c1-2-28-21(27)17-18(26)16(10-12-11-23-19-13(12)6-5-9-22-19)29-20(17)24-14-7-3-4-8-15(14)25/h3-11,24-25H,2H2,1H3,(H,22,23). The number of para-hydroxylation sites is 2. The first-order chi connectivity index (χ1) is 14.1. The zero-order valence-corrected chi connectivity index (χ0v) is 15.4. The van der Waals surface area contributed by atoms with Crippen LogP contribution in [-0.2, 0) is 19.1 Å². The van der Waals surface area contributed by atoms with Crippen LogP contribution in [0.1, 0.15) is 12.5 Å². The van der Waals surface area contributed by atoms with Crippen LogP contribution in [0.2, 0.25) is 0 Å². The number of phenols is 1. The van der Waals surface area contributed by atoms with E-state index in [2.05, 4.69) is 15.3 Å². The third-order valence-electron chi connectivity index (χ3n) is 4.29. The number of phenolic OH excluding ortho intramolecular Hbond substituents is 1. The molecule has 0 amide bonds. The van der Waals surface area contributed by atoms with Crippen molar-refractivity contribution in [2.45, 2.75) is 6.92 Å². The van der Waals surface area contributed by atoms with E-state index in [4.69, 9.17) is 9.47 Å². The van der Waals surface area contributed by atoms with E-state index in [1.54, 1.807) is 43.6 Å². The van der Waals surface area contributed by atoms with Gasteiger partial charge in [0.15, 0.2) is 11.3 Å². The Bertz CT molecular complexity index is 1180. The van der Waals surface area contributed by atoms with E-state index in [0.29, 0.717) is 11.2 Å². The number of hydrogen-bond acceptors (Lipinski definition) is 7. The first-order valence-corrected chi connectivity index (χ1v) is 8.91. The second-order valence-corrected chi connectivity index (χ2v) is 6.15. The van der Waals surface area contributed by atoms with Crippen molar-refractivity contribution in [1.29, 1.82) is 0 Å². The van der Waals surface area contributed by atoms with E-state index in [-0.39, 0.29) is 35.3 Å². The number of Topliss-reactive ketones (excluding diaryl/α,β-unsaturated/α-hetero) is 1. The smallest absolute Gasteiger partial charge is 0.347 e. The van der Waals surface area contributed by atoms with Crippen LogP contribution in [0, 0.1) is 0 Å². The Morgan fingerprint density at radius 1 is 1.31 bits per heavy atom. The van der Waals surface area contributed by atoms with Crippen LogP contribution >= 0.6 is 0 Å². The molecule has 8 heteroatoms. The number of fused-ring (bicyclic) bond motifs is 1. The summed E-state index contributed by atoms with van der Waals surface area (Å²) in [6.07, 6.45) is 4.88. The van der Waals surface area contributed by atoms with Crippen molar-refractivity contribution in [2.75, 3.05) is 11.9 Å². The number of aromatic amines is 1. The number of nitrogens with zero attached hydrogens (tertiary/aromatic N) is 1. The van der Waals surface area contributed by atoms with E-state index in [1.807, 2.05) is 6.07 Å². The van der Waals surface area contributed by atoms with Gasteiger partial charge in [0.1, 0.15) is 11.4 Å². The monoisotopic (exact) mass is 391 g/mol. The van der Waals surface area contributed by atoms with Crippen LogP contribution in [-0.4, -0.2) is 33.4 Å². The predicted octanol–water partition coefficient (Wildman–Crippen LogP) is 3.10. The number of aromatic hydroxyl groups is 1. The Hall–Kier alpha value is -4.07. The molecule has 0 aliphatic carbocycles. The van der Waals surface area contributed by atoms with E-state index < -0.39 is 11.8 Å². The summed E-state index contributed by atoms with van der Waals surface area (Å²) >= 11 is 0. The Morgan fingerprint density at radius 3 is 2.93 bits per heavy atom. The minimum atomic E-state index is -0.806. The summed E-state index contributed by atoms with van der Waals surface area (Å²) in [4.78, 5) is 32.5. The lowest BCUT2D eigenvalue weighted by Gasteiger charge is -2.10. The number of ether oxygens (including phenoxy) is 2. The maximum atomic E-state index is 12.9. The lowest BCUT2D eigenvalue weighted by Crippen LogP contribution is -2.16. The van der Waals surface area contributed by atoms with Crippen molar-refractivity contribution in [3.05, 3.63) is 71.6 Å². The fourth-order valence-corrected chi connectivity index (χ4v) is 2.94. The molecule has 29 heavy (non-hydrogen) atoms. The summed E-state index contributed by atoms with van der Waals surface area (Å²) < 4.78 is 10.7. The molecule has 1 aromatic carbocycles. The molecule has 0 radical (unpaired) electrons. The topological polar surface area (TPSA) is 114 Å². The van der Waals surface area contributed by atoms with Gasteiger partial charge in [0.05, 0.1) is 12.3 Å². The minimum Gasteiger partial charge on any atom is -0.506 e. The maximum Gasteiger partial charge on any atom is 0.347 e. The number of aromatic nitrogens is 2. The van der Waals surface area contributed by atoms with Gasteiger partial charge in [-0.1, -0.05) is 12.1 Å². The van der Waals surface area contributed by atoms with Crippen LogP contribution in [0.25, 0.3) is 17.1 Å². The molecule has 3 aromatic rings. The second kappa shape index (κ2) is 7.51. The largest absolute Gasteiger partial charge is 0.506 e. The van der Waals surface area contributed by atoms with Crippen LogP contribution < -0.4 is 5.32 Å². The number of benzene rings is 1. The number of allylic oxidation sites excluding steroid dienone is 1. The van der Waals surface area contributed by atoms with Crippen LogP contribution in [0.5, 0.6) is 5.75 Å². The van der Waals surface area contributed by atoms with Gasteiger partial charge in [-0.05, 0) is 37.3 Å². The van der Waals surface area contributed by atoms with Crippen LogP contribution in [0.4, 0.5) is 5.69 Å². The molecule has 0 fully saturated rings. The van der Waals surface area contributed by atoms with Crippen molar-refractivity contribution in [3.63, 3.8) is 0 Å². The normalized spacial score (nSPS) is 15.1. The summed E-state index contributed by atoms with van der Waals surface area (Å²) in [5, 5.41) is 13.6. The number of pyridine rings is 1. The Balaban J connectivity index is 1.72. The summed E-state index contributed by atoms with van der Waals surface area (Å²) in [5.74, 6) is -1.62. The van der Waals surface area contributed by atoms with E-state index in [9.17, 15) is 14.7 Å². The minimum absolute atomic E-state index is 0.0456. The first kappa shape index (κ1) is 18.3. The number of nitrogens with one attached hydrogen (secondary N) is 2. The summed E-state index contributed by atoms with van der Waals surface area (Å²) in [6.45, 7) is 1.75. The summed E-state index contributed by atoms with van der Waals surface area (Å²) in [5.41, 5.74) is 1.37. The van der Waals surface area contributed by atoms with Gasteiger partial charge >= 0.3 is 5.97 Å². The summed E-state index contributed by atoms with van der Waals surface area (Å²) in [7, 11) is 0. The molecule has 1 aliphatic rings. The van der Waals surface area contributed by atoms with Gasteiger partial charge in [-0.15, -0.1) is 0 Å². The molecule has 4 rings (SSSR count). The van der Waals surface area contributed by atoms with Crippen LogP contribution in [0.15, 0.2) is 66.0 Å². The lowest BCUT2D eigenvalue weighted by molar-refractivity contribution is -0.139. The van der Waals surface area contributed by atoms with Crippen LogP contribution in [0.3, 0.4) is 0 Å².